The van der Waals surface area contributed by atoms with E-state index in [1.165, 1.54) is 34.4 Å². The lowest BCUT2D eigenvalue weighted by atomic mass is 10.0. The zero-order valence-corrected chi connectivity index (χ0v) is 21.9. The second-order valence-corrected chi connectivity index (χ2v) is 10.0. The molecule has 0 saturated heterocycles. The molecule has 0 saturated carbocycles. The van der Waals surface area contributed by atoms with Crippen LogP contribution in [0, 0.1) is 0 Å². The first-order valence-corrected chi connectivity index (χ1v) is 13.1. The minimum Gasteiger partial charge on any atom is -0.465 e. The molecule has 3 aromatic heterocycles. The van der Waals surface area contributed by atoms with E-state index < -0.39 is 18.0 Å². The molecule has 0 N–H and O–H groups in total. The second kappa shape index (κ2) is 10.2. The molecule has 1 aliphatic heterocycles. The van der Waals surface area contributed by atoms with Crippen molar-refractivity contribution in [2.45, 2.75) is 19.9 Å². The summed E-state index contributed by atoms with van der Waals surface area (Å²) in [5.74, 6) is -0.0505. The van der Waals surface area contributed by atoms with Crippen LogP contribution in [0.15, 0.2) is 79.4 Å². The fraction of sp³-hybridized carbons (Fsp3) is 0.185. The fourth-order valence-corrected chi connectivity index (χ4v) is 6.05. The van der Waals surface area contributed by atoms with Gasteiger partial charge in [0.05, 0.1) is 35.1 Å². The Morgan fingerprint density at radius 3 is 2.68 bits per heavy atom. The third-order valence-electron chi connectivity index (χ3n) is 5.83. The molecule has 1 aliphatic rings. The van der Waals surface area contributed by atoms with Crippen molar-refractivity contribution < 1.29 is 23.5 Å². The van der Waals surface area contributed by atoms with Crippen LogP contribution in [0.25, 0.3) is 17.4 Å². The summed E-state index contributed by atoms with van der Waals surface area (Å²) in [7, 11) is 1.32. The van der Waals surface area contributed by atoms with E-state index in [4.69, 9.17) is 13.9 Å². The van der Waals surface area contributed by atoms with E-state index in [1.807, 2.05) is 17.5 Å². The van der Waals surface area contributed by atoms with Crippen molar-refractivity contribution in [2.75, 3.05) is 13.7 Å². The molecule has 1 atom stereocenters. The number of carbonyl (C=O) groups excluding carboxylic acids is 2. The van der Waals surface area contributed by atoms with Gasteiger partial charge in [-0.15, -0.1) is 11.3 Å². The number of carbonyl (C=O) groups is 2. The standard InChI is InChI=1S/C27H22N2O6S2/c1-4-34-26(32)22-15(2)28-27-29(23(22)20-10-7-13-36-20)24(30)21(37-27)14-16-11-12-19(35-16)17-8-5-6-9-18(17)25(31)33-3/h5-14,23H,4H2,1-3H3/b21-14+/t23-/m1/s1. The second-order valence-electron chi connectivity index (χ2n) is 8.06. The normalized spacial score (nSPS) is 15.3. The number of thiazole rings is 1. The quantitative estimate of drug-likeness (QED) is 0.348. The number of fused-ring (bicyclic) bond motifs is 1. The maximum absolute atomic E-state index is 13.6. The van der Waals surface area contributed by atoms with Gasteiger partial charge < -0.3 is 13.9 Å². The van der Waals surface area contributed by atoms with Gasteiger partial charge in [-0.3, -0.25) is 9.36 Å². The maximum atomic E-state index is 13.6. The highest BCUT2D eigenvalue weighted by molar-refractivity contribution is 7.10. The lowest BCUT2D eigenvalue weighted by Gasteiger charge is -2.23. The van der Waals surface area contributed by atoms with E-state index in [0.717, 1.165) is 4.88 Å². The van der Waals surface area contributed by atoms with Crippen LogP contribution in [0.3, 0.4) is 0 Å². The molecule has 37 heavy (non-hydrogen) atoms. The van der Waals surface area contributed by atoms with Crippen molar-refractivity contribution in [1.82, 2.24) is 4.57 Å². The number of rotatable bonds is 6. The van der Waals surface area contributed by atoms with E-state index in [0.29, 0.717) is 43.3 Å². The van der Waals surface area contributed by atoms with E-state index in [-0.39, 0.29) is 12.2 Å². The Kier molecular flexibility index (Phi) is 6.77. The topological polar surface area (TPSA) is 100 Å². The molecule has 10 heteroatoms. The minimum absolute atomic E-state index is 0.219. The van der Waals surface area contributed by atoms with Crippen molar-refractivity contribution in [3.05, 3.63) is 101 Å². The summed E-state index contributed by atoms with van der Waals surface area (Å²) in [5, 5.41) is 1.90. The monoisotopic (exact) mass is 534 g/mol. The number of thiophene rings is 1. The van der Waals surface area contributed by atoms with Gasteiger partial charge in [-0.2, -0.15) is 0 Å². The van der Waals surface area contributed by atoms with Gasteiger partial charge >= 0.3 is 11.9 Å². The highest BCUT2D eigenvalue weighted by atomic mass is 32.1. The zero-order valence-electron chi connectivity index (χ0n) is 20.2. The molecule has 4 aromatic rings. The summed E-state index contributed by atoms with van der Waals surface area (Å²) in [5.41, 5.74) is 1.54. The third-order valence-corrected chi connectivity index (χ3v) is 7.74. The maximum Gasteiger partial charge on any atom is 0.338 e. The number of allylic oxidation sites excluding steroid dienone is 1. The molecule has 0 fully saturated rings. The van der Waals surface area contributed by atoms with Gasteiger partial charge in [-0.1, -0.05) is 35.6 Å². The largest absolute Gasteiger partial charge is 0.465 e. The Hall–Kier alpha value is -4.02. The first-order chi connectivity index (χ1) is 17.9. The third kappa shape index (κ3) is 4.49. The van der Waals surface area contributed by atoms with E-state index >= 15 is 0 Å². The summed E-state index contributed by atoms with van der Waals surface area (Å²) in [6.45, 7) is 3.71. The molecule has 188 valence electrons. The molecule has 1 aromatic carbocycles. The number of ether oxygens (including phenoxy) is 2. The van der Waals surface area contributed by atoms with Crippen LogP contribution in [0.4, 0.5) is 0 Å². The Morgan fingerprint density at radius 2 is 1.95 bits per heavy atom. The highest BCUT2D eigenvalue weighted by Crippen LogP contribution is 2.33. The molecule has 0 aliphatic carbocycles. The first kappa shape index (κ1) is 24.7. The molecule has 0 spiro atoms. The molecular formula is C27H22N2O6S2. The van der Waals surface area contributed by atoms with Crippen molar-refractivity contribution >= 4 is 40.7 Å². The number of hydrogen-bond donors (Lipinski definition) is 0. The zero-order chi connectivity index (χ0) is 26.1. The van der Waals surface area contributed by atoms with Crippen LogP contribution < -0.4 is 14.9 Å². The molecular weight excluding hydrogens is 512 g/mol. The van der Waals surface area contributed by atoms with Crippen LogP contribution in [0.2, 0.25) is 0 Å². The SMILES string of the molecule is CCOC(=O)C1=C(C)N=c2s/c(=C/c3ccc(-c4ccccc4C(=O)OC)o3)c(=O)n2[C@@H]1c1cccs1. The predicted molar refractivity (Wildman–Crippen MR) is 140 cm³/mol. The number of nitrogens with zero attached hydrogens (tertiary/aromatic N) is 2. The van der Waals surface area contributed by atoms with Crippen LogP contribution in [0.5, 0.6) is 0 Å². The van der Waals surface area contributed by atoms with Crippen LogP contribution in [0.1, 0.15) is 40.9 Å². The van der Waals surface area contributed by atoms with E-state index in [2.05, 4.69) is 4.99 Å². The number of benzene rings is 1. The molecule has 0 radical (unpaired) electrons. The van der Waals surface area contributed by atoms with Gasteiger partial charge in [-0.25, -0.2) is 14.6 Å². The number of esters is 2. The van der Waals surface area contributed by atoms with Gasteiger partial charge in [0.2, 0.25) is 0 Å². The molecule has 0 unspecified atom stereocenters. The lowest BCUT2D eigenvalue weighted by Crippen LogP contribution is -2.39. The van der Waals surface area contributed by atoms with Crippen LogP contribution in [-0.4, -0.2) is 30.2 Å². The average Bonchev–Trinajstić information content (AvgIpc) is 3.65. The molecule has 5 rings (SSSR count). The number of furan rings is 1. The highest BCUT2D eigenvalue weighted by Gasteiger charge is 2.33. The summed E-state index contributed by atoms with van der Waals surface area (Å²) >= 11 is 2.68. The van der Waals surface area contributed by atoms with Crippen molar-refractivity contribution in [3.63, 3.8) is 0 Å². The molecule has 0 bridgehead atoms. The minimum atomic E-state index is -0.628. The van der Waals surface area contributed by atoms with Crippen LogP contribution >= 0.6 is 22.7 Å². The Bertz CT molecular complexity index is 1710. The van der Waals surface area contributed by atoms with Gasteiger partial charge in [0.1, 0.15) is 17.6 Å². The number of methoxy groups -OCH3 is 1. The van der Waals surface area contributed by atoms with Crippen molar-refractivity contribution in [2.24, 2.45) is 4.99 Å². The Balaban J connectivity index is 1.61. The summed E-state index contributed by atoms with van der Waals surface area (Å²) < 4.78 is 18.1. The molecule has 4 heterocycles. The summed E-state index contributed by atoms with van der Waals surface area (Å²) in [4.78, 5) is 44.6. The summed E-state index contributed by atoms with van der Waals surface area (Å²) in [6.07, 6.45) is 1.64. The molecule has 8 nitrogen and oxygen atoms in total. The van der Waals surface area contributed by atoms with Crippen molar-refractivity contribution in [3.8, 4) is 11.3 Å². The van der Waals surface area contributed by atoms with Crippen LogP contribution in [-0.2, 0) is 14.3 Å². The average molecular weight is 535 g/mol. The number of hydrogen-bond acceptors (Lipinski definition) is 9. The van der Waals surface area contributed by atoms with E-state index in [1.54, 1.807) is 56.3 Å². The number of aromatic nitrogens is 1. The van der Waals surface area contributed by atoms with Gasteiger partial charge in [-0.05, 0) is 43.5 Å². The fourth-order valence-electron chi connectivity index (χ4n) is 4.20. The van der Waals surface area contributed by atoms with Crippen molar-refractivity contribution in [1.29, 1.82) is 0 Å². The van der Waals surface area contributed by atoms with Gasteiger partial charge in [0, 0.05) is 16.5 Å². The Labute approximate surface area is 219 Å². The summed E-state index contributed by atoms with van der Waals surface area (Å²) in [6, 6.07) is 13.6. The van der Waals surface area contributed by atoms with E-state index in [9.17, 15) is 14.4 Å². The molecule has 0 amide bonds. The van der Waals surface area contributed by atoms with Gasteiger partial charge in [0.15, 0.2) is 4.80 Å². The smallest absolute Gasteiger partial charge is 0.338 e. The van der Waals surface area contributed by atoms with Gasteiger partial charge in [0.25, 0.3) is 5.56 Å². The lowest BCUT2D eigenvalue weighted by molar-refractivity contribution is -0.139. The Morgan fingerprint density at radius 1 is 1.14 bits per heavy atom. The first-order valence-electron chi connectivity index (χ1n) is 11.4. The predicted octanol–water partition coefficient (Wildman–Crippen LogP) is 3.91.